The number of nitrogens with zero attached hydrogens (tertiary/aromatic N) is 7. The highest BCUT2D eigenvalue weighted by molar-refractivity contribution is 5.55. The van der Waals surface area contributed by atoms with Gasteiger partial charge in [-0.1, -0.05) is 0 Å². The second-order valence-corrected chi connectivity index (χ2v) is 7.47. The van der Waals surface area contributed by atoms with E-state index in [0.29, 0.717) is 0 Å². The Bertz CT molecular complexity index is 913. The predicted molar refractivity (Wildman–Crippen MR) is 104 cm³/mol. The molecule has 0 unspecified atom stereocenters. The van der Waals surface area contributed by atoms with Crippen molar-refractivity contribution in [2.75, 3.05) is 37.6 Å². The molecular formula is C20H25N7. The van der Waals surface area contributed by atoms with Crippen LogP contribution in [0.3, 0.4) is 0 Å². The molecule has 0 N–H and O–H groups in total. The fraction of sp³-hybridized carbons (Fsp3) is 0.500. The van der Waals surface area contributed by atoms with E-state index in [0.717, 1.165) is 57.8 Å². The van der Waals surface area contributed by atoms with Crippen molar-refractivity contribution >= 4 is 11.6 Å². The van der Waals surface area contributed by atoms with Crippen LogP contribution in [0, 0.1) is 0 Å². The number of hydrogen-bond donors (Lipinski definition) is 0. The summed E-state index contributed by atoms with van der Waals surface area (Å²) < 4.78 is 1.96. The Labute approximate surface area is 159 Å². The largest absolute Gasteiger partial charge is 0.354 e. The molecule has 5 rings (SSSR count). The Morgan fingerprint density at radius 1 is 0.963 bits per heavy atom. The highest BCUT2D eigenvalue weighted by Crippen LogP contribution is 2.30. The van der Waals surface area contributed by atoms with E-state index in [-0.39, 0.29) is 0 Å². The first-order valence-electron chi connectivity index (χ1n) is 9.96. The van der Waals surface area contributed by atoms with E-state index in [1.54, 1.807) is 6.33 Å². The fourth-order valence-corrected chi connectivity index (χ4v) is 4.31. The molecule has 140 valence electrons. The molecule has 0 aromatic carbocycles. The van der Waals surface area contributed by atoms with Crippen LogP contribution in [0.15, 0.2) is 30.9 Å². The topological polar surface area (TPSA) is 62.5 Å². The predicted octanol–water partition coefficient (Wildman–Crippen LogP) is 1.76. The molecule has 3 aromatic rings. The van der Waals surface area contributed by atoms with Gasteiger partial charge in [-0.25, -0.2) is 4.98 Å². The number of rotatable bonds is 4. The summed E-state index contributed by atoms with van der Waals surface area (Å²) in [5.41, 5.74) is 3.99. The molecule has 7 heteroatoms. The summed E-state index contributed by atoms with van der Waals surface area (Å²) in [7, 11) is 0. The highest BCUT2D eigenvalue weighted by Gasteiger charge is 2.26. The molecule has 4 heterocycles. The lowest BCUT2D eigenvalue weighted by molar-refractivity contribution is 0.259. The van der Waals surface area contributed by atoms with E-state index >= 15 is 0 Å². The number of aromatic nitrogens is 5. The van der Waals surface area contributed by atoms with Crippen LogP contribution < -0.4 is 4.90 Å². The third-order valence-electron chi connectivity index (χ3n) is 5.81. The molecule has 0 amide bonds. The first-order chi connectivity index (χ1) is 13.4. The van der Waals surface area contributed by atoms with Crippen molar-refractivity contribution in [1.82, 2.24) is 29.5 Å². The SMILES string of the molecule is c1cc(CCN2CCN(c3c4c(nc5ncnn35)CCCC4)CC2)ccn1. The summed E-state index contributed by atoms with van der Waals surface area (Å²) in [6.45, 7) is 5.32. The Morgan fingerprint density at radius 3 is 2.63 bits per heavy atom. The van der Waals surface area contributed by atoms with Crippen molar-refractivity contribution in [2.24, 2.45) is 0 Å². The Balaban J connectivity index is 1.32. The maximum absolute atomic E-state index is 4.76. The summed E-state index contributed by atoms with van der Waals surface area (Å²) in [4.78, 5) is 18.3. The molecule has 0 bridgehead atoms. The molecule has 3 aromatic heterocycles. The average Bonchev–Trinajstić information content (AvgIpc) is 3.20. The summed E-state index contributed by atoms with van der Waals surface area (Å²) in [5.74, 6) is 1.98. The van der Waals surface area contributed by atoms with Gasteiger partial charge in [-0.2, -0.15) is 14.6 Å². The van der Waals surface area contributed by atoms with Crippen LogP contribution in [0.1, 0.15) is 29.7 Å². The maximum atomic E-state index is 4.76. The van der Waals surface area contributed by atoms with Crippen molar-refractivity contribution in [2.45, 2.75) is 32.1 Å². The molecule has 0 saturated carbocycles. The van der Waals surface area contributed by atoms with Gasteiger partial charge in [-0.15, -0.1) is 0 Å². The first kappa shape index (κ1) is 16.6. The molecule has 7 nitrogen and oxygen atoms in total. The number of hydrogen-bond acceptors (Lipinski definition) is 6. The van der Waals surface area contributed by atoms with Gasteiger partial charge in [0.25, 0.3) is 5.78 Å². The van der Waals surface area contributed by atoms with Crippen molar-refractivity contribution in [3.8, 4) is 0 Å². The van der Waals surface area contributed by atoms with E-state index in [1.165, 1.54) is 35.5 Å². The monoisotopic (exact) mass is 363 g/mol. The minimum absolute atomic E-state index is 0.741. The summed E-state index contributed by atoms with van der Waals surface area (Å²) >= 11 is 0. The first-order valence-corrected chi connectivity index (χ1v) is 9.96. The molecule has 27 heavy (non-hydrogen) atoms. The maximum Gasteiger partial charge on any atom is 0.254 e. The third kappa shape index (κ3) is 3.27. The minimum Gasteiger partial charge on any atom is -0.354 e. The third-order valence-corrected chi connectivity index (χ3v) is 5.81. The van der Waals surface area contributed by atoms with Crippen LogP contribution in [0.25, 0.3) is 5.78 Å². The normalized spacial score (nSPS) is 18.0. The lowest BCUT2D eigenvalue weighted by Crippen LogP contribution is -2.48. The zero-order valence-electron chi connectivity index (χ0n) is 15.6. The standard InChI is InChI=1S/C20H25N7/c1-2-4-18-17(3-1)19(27-20(24-18)22-15-23-27)26-13-11-25(12-14-26)10-7-16-5-8-21-9-6-16/h5-6,8-9,15H,1-4,7,10-14H2. The molecule has 1 aliphatic heterocycles. The molecule has 1 saturated heterocycles. The number of pyridine rings is 1. The van der Waals surface area contributed by atoms with Gasteiger partial charge >= 0.3 is 0 Å². The summed E-state index contributed by atoms with van der Waals surface area (Å²) in [6.07, 6.45) is 11.1. The Hall–Kier alpha value is -2.54. The number of piperazine rings is 1. The molecule has 1 fully saturated rings. The Kier molecular flexibility index (Phi) is 4.45. The van der Waals surface area contributed by atoms with Crippen LogP contribution in [0.4, 0.5) is 5.82 Å². The van der Waals surface area contributed by atoms with Gasteiger partial charge in [-0.3, -0.25) is 9.88 Å². The van der Waals surface area contributed by atoms with Crippen LogP contribution in [-0.2, 0) is 19.3 Å². The van der Waals surface area contributed by atoms with Crippen LogP contribution in [0.5, 0.6) is 0 Å². The fourth-order valence-electron chi connectivity index (χ4n) is 4.31. The van der Waals surface area contributed by atoms with Crippen LogP contribution >= 0.6 is 0 Å². The van der Waals surface area contributed by atoms with Crippen molar-refractivity contribution in [3.05, 3.63) is 47.7 Å². The van der Waals surface area contributed by atoms with Gasteiger partial charge in [0, 0.05) is 50.7 Å². The van der Waals surface area contributed by atoms with E-state index in [4.69, 9.17) is 4.98 Å². The van der Waals surface area contributed by atoms with E-state index in [2.05, 4.69) is 37.0 Å². The smallest absolute Gasteiger partial charge is 0.254 e. The lowest BCUT2D eigenvalue weighted by Gasteiger charge is -2.37. The number of anilines is 1. The molecule has 2 aliphatic rings. The summed E-state index contributed by atoms with van der Waals surface area (Å²) in [6, 6.07) is 4.22. The van der Waals surface area contributed by atoms with E-state index in [1.807, 2.05) is 16.9 Å². The molecule has 0 radical (unpaired) electrons. The van der Waals surface area contributed by atoms with Gasteiger partial charge in [0.15, 0.2) is 0 Å². The van der Waals surface area contributed by atoms with Crippen molar-refractivity contribution < 1.29 is 0 Å². The van der Waals surface area contributed by atoms with Gasteiger partial charge in [0.05, 0.1) is 5.69 Å². The van der Waals surface area contributed by atoms with E-state index in [9.17, 15) is 0 Å². The highest BCUT2D eigenvalue weighted by atomic mass is 15.4. The molecular weight excluding hydrogens is 338 g/mol. The number of aryl methyl sites for hydroxylation is 1. The van der Waals surface area contributed by atoms with Crippen molar-refractivity contribution in [1.29, 1.82) is 0 Å². The second-order valence-electron chi connectivity index (χ2n) is 7.47. The van der Waals surface area contributed by atoms with E-state index < -0.39 is 0 Å². The average molecular weight is 363 g/mol. The van der Waals surface area contributed by atoms with Crippen LogP contribution in [-0.4, -0.2) is 62.2 Å². The zero-order chi connectivity index (χ0) is 18.1. The van der Waals surface area contributed by atoms with Gasteiger partial charge < -0.3 is 4.90 Å². The van der Waals surface area contributed by atoms with Crippen LogP contribution in [0.2, 0.25) is 0 Å². The molecule has 0 spiro atoms. The minimum atomic E-state index is 0.741. The van der Waals surface area contributed by atoms with Gasteiger partial charge in [0.2, 0.25) is 0 Å². The zero-order valence-corrected chi connectivity index (χ0v) is 15.6. The molecule has 1 aliphatic carbocycles. The van der Waals surface area contributed by atoms with Crippen molar-refractivity contribution in [3.63, 3.8) is 0 Å². The lowest BCUT2D eigenvalue weighted by atomic mass is 9.96. The second kappa shape index (κ2) is 7.23. The van der Waals surface area contributed by atoms with Gasteiger partial charge in [0.1, 0.15) is 12.1 Å². The quantitative estimate of drug-likeness (QED) is 0.704. The van der Waals surface area contributed by atoms with Gasteiger partial charge in [-0.05, 0) is 49.8 Å². The molecule has 0 atom stereocenters. The number of fused-ring (bicyclic) bond motifs is 2. The summed E-state index contributed by atoms with van der Waals surface area (Å²) in [5, 5.41) is 4.48. The Morgan fingerprint density at radius 2 is 1.78 bits per heavy atom.